The van der Waals surface area contributed by atoms with E-state index in [1.165, 1.54) is 0 Å². The van der Waals surface area contributed by atoms with Gasteiger partial charge in [0.1, 0.15) is 17.5 Å². The van der Waals surface area contributed by atoms with Crippen molar-refractivity contribution < 1.29 is 23.8 Å². The highest BCUT2D eigenvalue weighted by atomic mass is 16.5. The van der Waals surface area contributed by atoms with Gasteiger partial charge in [-0.3, -0.25) is 14.9 Å². The summed E-state index contributed by atoms with van der Waals surface area (Å²) in [6, 6.07) is 14.5. The van der Waals surface area contributed by atoms with Crippen molar-refractivity contribution in [2.75, 3.05) is 51.9 Å². The van der Waals surface area contributed by atoms with Gasteiger partial charge in [-0.25, -0.2) is 4.99 Å². The SMILES string of the molecule is CCOC(=O)[C@H]1C(=O)NC(N2CCN(c3cccc(OC)c3)CC2)=N[C@H]1c1ccccc1OC. The lowest BCUT2D eigenvalue weighted by molar-refractivity contribution is -0.153. The summed E-state index contributed by atoms with van der Waals surface area (Å²) in [6.45, 7) is 4.74. The van der Waals surface area contributed by atoms with E-state index in [-0.39, 0.29) is 6.61 Å². The molecule has 0 radical (unpaired) electrons. The van der Waals surface area contributed by atoms with Gasteiger partial charge in [-0.2, -0.15) is 0 Å². The van der Waals surface area contributed by atoms with Crippen LogP contribution in [-0.4, -0.2) is 69.7 Å². The molecule has 2 aliphatic rings. The van der Waals surface area contributed by atoms with Crippen molar-refractivity contribution in [1.29, 1.82) is 0 Å². The van der Waals surface area contributed by atoms with Gasteiger partial charge in [0.15, 0.2) is 5.92 Å². The Morgan fingerprint density at radius 3 is 2.47 bits per heavy atom. The number of amides is 1. The van der Waals surface area contributed by atoms with Crippen molar-refractivity contribution in [3.63, 3.8) is 0 Å². The molecule has 0 aliphatic carbocycles. The van der Waals surface area contributed by atoms with E-state index in [1.807, 2.05) is 41.3 Å². The molecule has 0 unspecified atom stereocenters. The molecule has 9 heteroatoms. The summed E-state index contributed by atoms with van der Waals surface area (Å²) in [5.74, 6) is -0.253. The van der Waals surface area contributed by atoms with E-state index in [2.05, 4.69) is 16.3 Å². The zero-order valence-corrected chi connectivity index (χ0v) is 19.7. The van der Waals surface area contributed by atoms with Gasteiger partial charge >= 0.3 is 5.97 Å². The first-order chi connectivity index (χ1) is 16.5. The van der Waals surface area contributed by atoms with Crippen LogP contribution in [-0.2, 0) is 14.3 Å². The molecule has 1 fully saturated rings. The molecule has 1 saturated heterocycles. The number of rotatable bonds is 6. The van der Waals surface area contributed by atoms with Gasteiger partial charge in [-0.15, -0.1) is 0 Å². The summed E-state index contributed by atoms with van der Waals surface area (Å²) in [4.78, 5) is 35.0. The minimum atomic E-state index is -1.09. The molecule has 34 heavy (non-hydrogen) atoms. The third-order valence-corrected chi connectivity index (χ3v) is 6.09. The van der Waals surface area contributed by atoms with E-state index in [1.54, 1.807) is 27.2 Å². The maximum atomic E-state index is 13.1. The molecule has 1 N–H and O–H groups in total. The molecule has 2 aliphatic heterocycles. The van der Waals surface area contributed by atoms with Crippen molar-refractivity contribution in [2.45, 2.75) is 13.0 Å². The Kier molecular flexibility index (Phi) is 7.20. The maximum Gasteiger partial charge on any atom is 0.321 e. The molecule has 2 aromatic rings. The Morgan fingerprint density at radius 1 is 1.03 bits per heavy atom. The number of methoxy groups -OCH3 is 2. The van der Waals surface area contributed by atoms with E-state index in [9.17, 15) is 9.59 Å². The number of piperazine rings is 1. The standard InChI is InChI=1S/C25H30N4O5/c1-4-34-24(31)21-22(19-10-5-6-11-20(19)33-3)26-25(27-23(21)30)29-14-12-28(13-15-29)17-8-7-9-18(16-17)32-2/h5-11,16,21-22H,4,12-15H2,1-3H3,(H,26,27,30)/t21-,22+/m1/s1. The number of hydrogen-bond donors (Lipinski definition) is 1. The number of esters is 1. The summed E-state index contributed by atoms with van der Waals surface area (Å²) >= 11 is 0. The largest absolute Gasteiger partial charge is 0.497 e. The number of guanidine groups is 1. The van der Waals surface area contributed by atoms with Gasteiger partial charge in [-0.1, -0.05) is 24.3 Å². The van der Waals surface area contributed by atoms with Crippen LogP contribution in [0.15, 0.2) is 53.5 Å². The third kappa shape index (κ3) is 4.78. The van der Waals surface area contributed by atoms with Crippen LogP contribution >= 0.6 is 0 Å². The molecule has 180 valence electrons. The first-order valence-corrected chi connectivity index (χ1v) is 11.4. The van der Waals surface area contributed by atoms with Crippen LogP contribution in [0.3, 0.4) is 0 Å². The third-order valence-electron chi connectivity index (χ3n) is 6.09. The van der Waals surface area contributed by atoms with E-state index in [4.69, 9.17) is 19.2 Å². The average Bonchev–Trinajstić information content (AvgIpc) is 2.88. The summed E-state index contributed by atoms with van der Waals surface area (Å²) in [5.41, 5.74) is 1.76. The fraction of sp³-hybridized carbons (Fsp3) is 0.400. The van der Waals surface area contributed by atoms with Crippen LogP contribution in [0.1, 0.15) is 18.5 Å². The topological polar surface area (TPSA) is 92.7 Å². The van der Waals surface area contributed by atoms with E-state index < -0.39 is 23.8 Å². The van der Waals surface area contributed by atoms with Crippen LogP contribution in [0.2, 0.25) is 0 Å². The fourth-order valence-corrected chi connectivity index (χ4v) is 4.34. The van der Waals surface area contributed by atoms with Gasteiger partial charge in [0.05, 0.1) is 20.8 Å². The molecular formula is C25H30N4O5. The molecule has 4 rings (SSSR count). The number of ether oxygens (including phenoxy) is 3. The molecule has 2 atom stereocenters. The van der Waals surface area contributed by atoms with Crippen molar-refractivity contribution in [1.82, 2.24) is 10.2 Å². The van der Waals surface area contributed by atoms with Gasteiger partial charge in [-0.05, 0) is 25.1 Å². The summed E-state index contributed by atoms with van der Waals surface area (Å²) in [7, 11) is 3.21. The zero-order chi connectivity index (χ0) is 24.1. The normalized spacial score (nSPS) is 20.3. The Morgan fingerprint density at radius 2 is 1.76 bits per heavy atom. The van der Waals surface area contributed by atoms with Gasteiger partial charge in [0.25, 0.3) is 0 Å². The predicted octanol–water partition coefficient (Wildman–Crippen LogP) is 2.23. The second-order valence-corrected chi connectivity index (χ2v) is 8.03. The number of nitrogens with one attached hydrogen (secondary N) is 1. The zero-order valence-electron chi connectivity index (χ0n) is 19.7. The highest BCUT2D eigenvalue weighted by molar-refractivity contribution is 6.08. The summed E-state index contributed by atoms with van der Waals surface area (Å²) < 4.78 is 16.0. The molecule has 2 aromatic carbocycles. The number of carbonyl (C=O) groups excluding carboxylic acids is 2. The number of benzene rings is 2. The van der Waals surface area contributed by atoms with Crippen molar-refractivity contribution in [2.24, 2.45) is 10.9 Å². The molecule has 2 heterocycles. The lowest BCUT2D eigenvalue weighted by Gasteiger charge is -2.39. The number of nitrogens with zero attached hydrogens (tertiary/aromatic N) is 3. The number of anilines is 1. The second-order valence-electron chi connectivity index (χ2n) is 8.03. The number of carbonyl (C=O) groups is 2. The van der Waals surface area contributed by atoms with Crippen LogP contribution in [0, 0.1) is 5.92 Å². The quantitative estimate of drug-likeness (QED) is 0.516. The van der Waals surface area contributed by atoms with Crippen LogP contribution < -0.4 is 19.7 Å². The minimum absolute atomic E-state index is 0.185. The monoisotopic (exact) mass is 466 g/mol. The highest BCUT2D eigenvalue weighted by Gasteiger charge is 2.43. The summed E-state index contributed by atoms with van der Waals surface area (Å²) in [6.07, 6.45) is 0. The van der Waals surface area contributed by atoms with Crippen molar-refractivity contribution in [3.8, 4) is 11.5 Å². The first kappa shape index (κ1) is 23.4. The van der Waals surface area contributed by atoms with Gasteiger partial charge in [0, 0.05) is 43.5 Å². The van der Waals surface area contributed by atoms with Gasteiger partial charge < -0.3 is 24.0 Å². The molecular weight excluding hydrogens is 436 g/mol. The molecule has 9 nitrogen and oxygen atoms in total. The number of hydrogen-bond acceptors (Lipinski definition) is 8. The Bertz CT molecular complexity index is 1060. The highest BCUT2D eigenvalue weighted by Crippen LogP contribution is 2.36. The minimum Gasteiger partial charge on any atom is -0.497 e. The van der Waals surface area contributed by atoms with Crippen molar-refractivity contribution >= 4 is 23.5 Å². The lowest BCUT2D eigenvalue weighted by Crippen LogP contribution is -2.57. The van der Waals surface area contributed by atoms with Crippen LogP contribution in [0.5, 0.6) is 11.5 Å². The molecule has 0 spiro atoms. The Labute approximate surface area is 199 Å². The van der Waals surface area contributed by atoms with E-state index in [0.29, 0.717) is 30.4 Å². The van der Waals surface area contributed by atoms with Crippen molar-refractivity contribution in [3.05, 3.63) is 54.1 Å². The fourth-order valence-electron chi connectivity index (χ4n) is 4.34. The molecule has 0 aromatic heterocycles. The second kappa shape index (κ2) is 10.5. The summed E-state index contributed by atoms with van der Waals surface area (Å²) in [5, 5.41) is 2.84. The lowest BCUT2D eigenvalue weighted by atomic mass is 9.90. The van der Waals surface area contributed by atoms with Crippen LogP contribution in [0.25, 0.3) is 0 Å². The molecule has 1 amide bonds. The first-order valence-electron chi connectivity index (χ1n) is 11.4. The van der Waals surface area contributed by atoms with Gasteiger partial charge in [0.2, 0.25) is 11.9 Å². The average molecular weight is 467 g/mol. The molecule has 0 bridgehead atoms. The molecule has 0 saturated carbocycles. The smallest absolute Gasteiger partial charge is 0.321 e. The number of aliphatic imine (C=N–C) groups is 1. The predicted molar refractivity (Wildman–Crippen MR) is 128 cm³/mol. The number of para-hydroxylation sites is 1. The van der Waals surface area contributed by atoms with Crippen LogP contribution in [0.4, 0.5) is 5.69 Å². The Hall–Kier alpha value is -3.75. The Balaban J connectivity index is 1.58. The van der Waals surface area contributed by atoms with E-state index in [0.717, 1.165) is 24.5 Å². The van der Waals surface area contributed by atoms with E-state index >= 15 is 0 Å². The maximum absolute atomic E-state index is 13.1.